The van der Waals surface area contributed by atoms with E-state index in [-0.39, 0.29) is 29.5 Å². The maximum Gasteiger partial charge on any atom is 0.291 e. The van der Waals surface area contributed by atoms with Crippen molar-refractivity contribution in [1.82, 2.24) is 29.4 Å². The molecular formula is C26H30N6O4. The Labute approximate surface area is 208 Å². The third kappa shape index (κ3) is 4.50. The highest BCUT2D eigenvalue weighted by molar-refractivity contribution is 5.97. The van der Waals surface area contributed by atoms with Crippen molar-refractivity contribution >= 4 is 23.5 Å². The van der Waals surface area contributed by atoms with Crippen LogP contribution >= 0.6 is 0 Å². The van der Waals surface area contributed by atoms with Gasteiger partial charge in [-0.2, -0.15) is 9.61 Å². The molecule has 2 aliphatic rings. The highest BCUT2D eigenvalue weighted by Crippen LogP contribution is 2.32. The van der Waals surface area contributed by atoms with Crippen LogP contribution in [0.1, 0.15) is 67.1 Å². The second-order valence-electron chi connectivity index (χ2n) is 9.90. The number of fused-ring (bicyclic) bond motifs is 1. The van der Waals surface area contributed by atoms with Crippen LogP contribution < -0.4 is 10.9 Å². The Bertz CT molecular complexity index is 1390. The number of nitrogens with one attached hydrogen (secondary N) is 1. The minimum atomic E-state index is -0.692. The van der Waals surface area contributed by atoms with E-state index in [1.54, 1.807) is 18.5 Å². The van der Waals surface area contributed by atoms with Gasteiger partial charge in [0.05, 0.1) is 12.2 Å². The van der Waals surface area contributed by atoms with Gasteiger partial charge in [0.15, 0.2) is 5.56 Å². The molecule has 188 valence electrons. The molecule has 3 aromatic rings. The number of carbonyl (C=O) groups is 2. The molecule has 1 atom stereocenters. The molecular weight excluding hydrogens is 460 g/mol. The van der Waals surface area contributed by atoms with Crippen LogP contribution in [0.5, 0.6) is 5.88 Å². The number of nitrogens with zero attached hydrogens (tertiary/aromatic N) is 5. The SMILES string of the molecule is CC(C)Cn1c(O)c(C(=O)NC2CC2)c(=O)n2ncc(/C=C/C(=O)N3CCC[C@@H]3c3cccnc3)c12. The fourth-order valence-corrected chi connectivity index (χ4v) is 4.76. The highest BCUT2D eigenvalue weighted by atomic mass is 16.3. The van der Waals surface area contributed by atoms with E-state index in [0.717, 1.165) is 35.8 Å². The number of likely N-dealkylation sites (tertiary alicyclic amines) is 1. The molecule has 10 nitrogen and oxygen atoms in total. The summed E-state index contributed by atoms with van der Waals surface area (Å²) in [6.45, 7) is 4.95. The van der Waals surface area contributed by atoms with E-state index in [1.165, 1.54) is 16.8 Å². The number of amides is 2. The molecule has 2 fully saturated rings. The first-order valence-electron chi connectivity index (χ1n) is 12.4. The summed E-state index contributed by atoms with van der Waals surface area (Å²) in [5.41, 5.74) is 0.829. The molecule has 10 heteroatoms. The van der Waals surface area contributed by atoms with Crippen molar-refractivity contribution in [2.45, 2.75) is 58.2 Å². The summed E-state index contributed by atoms with van der Waals surface area (Å²) in [7, 11) is 0. The summed E-state index contributed by atoms with van der Waals surface area (Å²) in [6.07, 6.45) is 11.6. The van der Waals surface area contributed by atoms with Gasteiger partial charge in [-0.15, -0.1) is 0 Å². The average molecular weight is 491 g/mol. The van der Waals surface area contributed by atoms with Crippen molar-refractivity contribution in [3.63, 3.8) is 0 Å². The van der Waals surface area contributed by atoms with E-state index < -0.39 is 17.3 Å². The summed E-state index contributed by atoms with van der Waals surface area (Å²) in [4.78, 5) is 45.0. The van der Waals surface area contributed by atoms with Crippen molar-refractivity contribution in [2.24, 2.45) is 5.92 Å². The van der Waals surface area contributed by atoms with Crippen LogP contribution in [-0.4, -0.2) is 53.6 Å². The van der Waals surface area contributed by atoms with E-state index in [0.29, 0.717) is 24.3 Å². The van der Waals surface area contributed by atoms with Gasteiger partial charge < -0.3 is 15.3 Å². The van der Waals surface area contributed by atoms with Gasteiger partial charge >= 0.3 is 0 Å². The molecule has 36 heavy (non-hydrogen) atoms. The van der Waals surface area contributed by atoms with Crippen LogP contribution in [0.15, 0.2) is 41.6 Å². The van der Waals surface area contributed by atoms with Gasteiger partial charge in [0.1, 0.15) is 5.65 Å². The number of hydrogen-bond acceptors (Lipinski definition) is 6. The molecule has 0 bridgehead atoms. The molecule has 5 rings (SSSR count). The first-order chi connectivity index (χ1) is 17.3. The molecule has 0 aromatic carbocycles. The molecule has 4 heterocycles. The zero-order valence-electron chi connectivity index (χ0n) is 20.4. The lowest BCUT2D eigenvalue weighted by Crippen LogP contribution is -2.34. The van der Waals surface area contributed by atoms with Crippen molar-refractivity contribution in [3.05, 3.63) is 63.8 Å². The summed E-state index contributed by atoms with van der Waals surface area (Å²) in [5, 5.41) is 18.0. The smallest absolute Gasteiger partial charge is 0.291 e. The van der Waals surface area contributed by atoms with Crippen LogP contribution in [0.25, 0.3) is 11.7 Å². The van der Waals surface area contributed by atoms with Crippen molar-refractivity contribution in [1.29, 1.82) is 0 Å². The van der Waals surface area contributed by atoms with Crippen LogP contribution in [-0.2, 0) is 11.3 Å². The number of hydrogen-bond donors (Lipinski definition) is 2. The first-order valence-corrected chi connectivity index (χ1v) is 12.4. The van der Waals surface area contributed by atoms with Gasteiger partial charge in [0.2, 0.25) is 11.8 Å². The lowest BCUT2D eigenvalue weighted by Gasteiger charge is -2.23. The standard InChI is InChI=1S/C26H30N6O4/c1-16(2)15-31-24-18(7-10-21(33)30-12-4-6-20(30)17-5-3-11-27-13-17)14-28-32(24)26(36)22(25(31)35)23(34)29-19-8-9-19/h3,5,7,10-11,13-14,16,19-20,35H,4,6,8-9,12,15H2,1-2H3,(H,29,34)/b10-7+/t20-/m1/s1. The molecule has 0 unspecified atom stereocenters. The van der Waals surface area contributed by atoms with Crippen LogP contribution in [0.2, 0.25) is 0 Å². The Morgan fingerprint density at radius 2 is 2.06 bits per heavy atom. The number of aromatic nitrogens is 4. The number of carbonyl (C=O) groups excluding carboxylic acids is 2. The summed E-state index contributed by atoms with van der Waals surface area (Å²) >= 11 is 0. The third-order valence-electron chi connectivity index (χ3n) is 6.61. The van der Waals surface area contributed by atoms with Crippen LogP contribution in [0, 0.1) is 5.92 Å². The fourth-order valence-electron chi connectivity index (χ4n) is 4.76. The zero-order valence-corrected chi connectivity index (χ0v) is 20.4. The largest absolute Gasteiger partial charge is 0.494 e. The molecule has 1 aliphatic carbocycles. The predicted octanol–water partition coefficient (Wildman–Crippen LogP) is 2.52. The monoisotopic (exact) mass is 490 g/mol. The van der Waals surface area contributed by atoms with Gasteiger partial charge in [-0.25, -0.2) is 0 Å². The lowest BCUT2D eigenvalue weighted by atomic mass is 10.1. The molecule has 2 N–H and O–H groups in total. The number of aromatic hydroxyl groups is 1. The maximum absolute atomic E-state index is 13.2. The van der Waals surface area contributed by atoms with Crippen LogP contribution in [0.3, 0.4) is 0 Å². The lowest BCUT2D eigenvalue weighted by molar-refractivity contribution is -0.126. The van der Waals surface area contributed by atoms with Gasteiger partial charge in [-0.05, 0) is 49.3 Å². The van der Waals surface area contributed by atoms with E-state index >= 15 is 0 Å². The van der Waals surface area contributed by atoms with E-state index in [4.69, 9.17) is 0 Å². The van der Waals surface area contributed by atoms with Crippen molar-refractivity contribution in [3.8, 4) is 5.88 Å². The number of pyridine rings is 1. The first kappa shape index (κ1) is 23.8. The minimum absolute atomic E-state index is 0.0320. The van der Waals surface area contributed by atoms with Gasteiger partial charge in [0.25, 0.3) is 11.5 Å². The average Bonchev–Trinajstić information content (AvgIpc) is 3.36. The van der Waals surface area contributed by atoms with Gasteiger partial charge in [-0.1, -0.05) is 19.9 Å². The minimum Gasteiger partial charge on any atom is -0.494 e. The Morgan fingerprint density at radius 3 is 2.75 bits per heavy atom. The summed E-state index contributed by atoms with van der Waals surface area (Å²) < 4.78 is 2.65. The molecule has 1 aliphatic heterocycles. The van der Waals surface area contributed by atoms with Gasteiger partial charge in [-0.3, -0.25) is 23.9 Å². The van der Waals surface area contributed by atoms with Crippen LogP contribution in [0.4, 0.5) is 0 Å². The fraction of sp³-hybridized carbons (Fsp3) is 0.423. The molecule has 2 amide bonds. The van der Waals surface area contributed by atoms with E-state index in [9.17, 15) is 19.5 Å². The molecule has 3 aromatic heterocycles. The van der Waals surface area contributed by atoms with E-state index in [2.05, 4.69) is 15.4 Å². The number of rotatable bonds is 7. The highest BCUT2D eigenvalue weighted by Gasteiger charge is 2.31. The van der Waals surface area contributed by atoms with Crippen molar-refractivity contribution in [2.75, 3.05) is 6.54 Å². The zero-order chi connectivity index (χ0) is 25.4. The Morgan fingerprint density at radius 1 is 1.25 bits per heavy atom. The third-order valence-corrected chi connectivity index (χ3v) is 6.61. The summed E-state index contributed by atoms with van der Waals surface area (Å²) in [6, 6.07) is 3.84. The van der Waals surface area contributed by atoms with Crippen molar-refractivity contribution < 1.29 is 14.7 Å². The summed E-state index contributed by atoms with van der Waals surface area (Å²) in [5.74, 6) is -1.03. The second kappa shape index (κ2) is 9.60. The topological polar surface area (TPSA) is 122 Å². The molecule has 0 radical (unpaired) electrons. The normalized spacial score (nSPS) is 18.0. The quantitative estimate of drug-likeness (QED) is 0.491. The Hall–Kier alpha value is -3.95. The molecule has 1 saturated carbocycles. The predicted molar refractivity (Wildman–Crippen MR) is 133 cm³/mol. The van der Waals surface area contributed by atoms with E-state index in [1.807, 2.05) is 30.9 Å². The molecule has 0 spiro atoms. The second-order valence-corrected chi connectivity index (χ2v) is 9.90. The Kier molecular flexibility index (Phi) is 6.34. The molecule has 1 saturated heterocycles. The maximum atomic E-state index is 13.2. The Balaban J connectivity index is 1.50. The van der Waals surface area contributed by atoms with Gasteiger partial charge in [0, 0.05) is 43.2 Å².